The topological polar surface area (TPSA) is 22.1 Å². The van der Waals surface area contributed by atoms with Gasteiger partial charge >= 0.3 is 0 Å². The van der Waals surface area contributed by atoms with Crippen molar-refractivity contribution in [1.29, 1.82) is 0 Å². The van der Waals surface area contributed by atoms with Gasteiger partial charge in [-0.15, -0.1) is 11.3 Å². The van der Waals surface area contributed by atoms with Crippen molar-refractivity contribution < 1.29 is 4.74 Å². The lowest BCUT2D eigenvalue weighted by Crippen LogP contribution is -1.80. The van der Waals surface area contributed by atoms with Crippen LogP contribution >= 0.6 is 27.3 Å². The van der Waals surface area contributed by atoms with E-state index in [2.05, 4.69) is 20.9 Å². The molecular formula is C11H10BrNOS. The molecule has 1 aromatic heterocycles. The van der Waals surface area contributed by atoms with Crippen molar-refractivity contribution in [3.63, 3.8) is 0 Å². The van der Waals surface area contributed by atoms with Crippen LogP contribution in [0.15, 0.2) is 24.3 Å². The molecule has 0 aliphatic heterocycles. The van der Waals surface area contributed by atoms with E-state index in [1.54, 1.807) is 18.4 Å². The number of hydrogen-bond donors (Lipinski definition) is 0. The Morgan fingerprint density at radius 2 is 2.40 bits per heavy atom. The van der Waals surface area contributed by atoms with Gasteiger partial charge < -0.3 is 4.74 Å². The third-order valence-corrected chi connectivity index (χ3v) is 3.32. The van der Waals surface area contributed by atoms with E-state index in [9.17, 15) is 0 Å². The molecule has 1 heterocycles. The first-order valence-corrected chi connectivity index (χ1v) is 6.44. The highest BCUT2D eigenvalue weighted by atomic mass is 79.9. The lowest BCUT2D eigenvalue weighted by Gasteiger charge is -1.96. The molecule has 0 aliphatic rings. The number of ether oxygens (including phenoxy) is 1. The highest BCUT2D eigenvalue weighted by Crippen LogP contribution is 2.26. The molecule has 2 rings (SSSR count). The van der Waals surface area contributed by atoms with Gasteiger partial charge in [-0.1, -0.05) is 22.0 Å². The first kappa shape index (κ1) is 10.6. The Hall–Kier alpha value is -0.870. The second-order valence-electron chi connectivity index (χ2n) is 2.94. The van der Waals surface area contributed by atoms with Crippen molar-refractivity contribution in [1.82, 2.24) is 4.98 Å². The molecule has 0 unspecified atom stereocenters. The zero-order valence-electron chi connectivity index (χ0n) is 8.24. The number of allylic oxidation sites excluding steroid dienone is 1. The normalized spacial score (nSPS) is 11.3. The summed E-state index contributed by atoms with van der Waals surface area (Å²) in [7, 11) is 1.67. The van der Waals surface area contributed by atoms with Crippen molar-refractivity contribution in [2.45, 2.75) is 0 Å². The van der Waals surface area contributed by atoms with Crippen LogP contribution in [0.2, 0.25) is 0 Å². The molecule has 15 heavy (non-hydrogen) atoms. The van der Waals surface area contributed by atoms with Crippen molar-refractivity contribution in [3.05, 3.63) is 29.3 Å². The van der Waals surface area contributed by atoms with E-state index >= 15 is 0 Å². The smallest absolute Gasteiger partial charge is 0.120 e. The quantitative estimate of drug-likeness (QED) is 0.801. The Morgan fingerprint density at radius 1 is 1.53 bits per heavy atom. The predicted molar refractivity (Wildman–Crippen MR) is 69.0 cm³/mol. The van der Waals surface area contributed by atoms with Gasteiger partial charge in [-0.05, 0) is 24.3 Å². The van der Waals surface area contributed by atoms with Gasteiger partial charge in [0.05, 0.1) is 17.3 Å². The van der Waals surface area contributed by atoms with Gasteiger partial charge in [0.1, 0.15) is 10.8 Å². The molecule has 0 fully saturated rings. The molecule has 78 valence electrons. The van der Waals surface area contributed by atoms with Crippen molar-refractivity contribution in [2.24, 2.45) is 0 Å². The van der Waals surface area contributed by atoms with Gasteiger partial charge in [0.15, 0.2) is 0 Å². The number of fused-ring (bicyclic) bond motifs is 1. The summed E-state index contributed by atoms with van der Waals surface area (Å²) in [5, 5.41) is 1.88. The minimum atomic E-state index is 0.853. The van der Waals surface area contributed by atoms with E-state index in [1.807, 2.05) is 30.4 Å². The summed E-state index contributed by atoms with van der Waals surface area (Å²) in [6.07, 6.45) is 4.06. The summed E-state index contributed by atoms with van der Waals surface area (Å²) in [6.45, 7) is 0. The largest absolute Gasteiger partial charge is 0.497 e. The lowest BCUT2D eigenvalue weighted by atomic mass is 10.3. The van der Waals surface area contributed by atoms with Gasteiger partial charge in [-0.3, -0.25) is 0 Å². The molecule has 0 N–H and O–H groups in total. The van der Waals surface area contributed by atoms with E-state index < -0.39 is 0 Å². The zero-order valence-corrected chi connectivity index (χ0v) is 10.6. The molecule has 0 amide bonds. The molecule has 0 spiro atoms. The average Bonchev–Trinajstić information content (AvgIpc) is 2.67. The highest BCUT2D eigenvalue weighted by molar-refractivity contribution is 9.09. The number of rotatable bonds is 3. The minimum absolute atomic E-state index is 0.853. The first-order valence-electron chi connectivity index (χ1n) is 4.50. The molecule has 0 atom stereocenters. The Labute approximate surface area is 101 Å². The fourth-order valence-corrected chi connectivity index (χ4v) is 2.38. The summed E-state index contributed by atoms with van der Waals surface area (Å²) in [4.78, 5) is 4.48. The second kappa shape index (κ2) is 4.77. The Bertz CT molecular complexity index is 492. The number of alkyl halides is 1. The molecule has 0 bridgehead atoms. The fraction of sp³-hybridized carbons (Fsp3) is 0.182. The Kier molecular flexibility index (Phi) is 3.38. The Morgan fingerprint density at radius 3 is 3.13 bits per heavy atom. The maximum Gasteiger partial charge on any atom is 0.120 e. The summed E-state index contributed by atoms with van der Waals surface area (Å²) < 4.78 is 6.32. The van der Waals surface area contributed by atoms with Crippen LogP contribution in [0.1, 0.15) is 5.01 Å². The molecule has 1 aromatic carbocycles. The van der Waals surface area contributed by atoms with E-state index in [0.717, 1.165) is 26.3 Å². The van der Waals surface area contributed by atoms with Gasteiger partial charge in [-0.2, -0.15) is 0 Å². The number of nitrogens with zero attached hydrogens (tertiary/aromatic N) is 1. The van der Waals surface area contributed by atoms with Crippen LogP contribution in [0, 0.1) is 0 Å². The fourth-order valence-electron chi connectivity index (χ4n) is 1.27. The molecule has 2 aromatic rings. The number of aromatic nitrogens is 1. The van der Waals surface area contributed by atoms with E-state index in [4.69, 9.17) is 4.74 Å². The molecular weight excluding hydrogens is 274 g/mol. The molecule has 0 aliphatic carbocycles. The van der Waals surface area contributed by atoms with Crippen LogP contribution in [-0.2, 0) is 0 Å². The number of thiazole rings is 1. The summed E-state index contributed by atoms with van der Waals surface area (Å²) >= 11 is 5.01. The maximum atomic E-state index is 5.17. The van der Waals surface area contributed by atoms with Crippen LogP contribution < -0.4 is 4.74 Å². The summed E-state index contributed by atoms with van der Waals surface area (Å²) in [6, 6.07) is 5.93. The summed E-state index contributed by atoms with van der Waals surface area (Å²) in [5.74, 6) is 0.877. The van der Waals surface area contributed by atoms with Crippen molar-refractivity contribution in [3.8, 4) is 5.75 Å². The maximum absolute atomic E-state index is 5.17. The summed E-state index contributed by atoms with van der Waals surface area (Å²) in [5.41, 5.74) is 1.02. The standard InChI is InChI=1S/C11H10BrNOS/c1-14-8-4-5-9-10(7-8)15-11(13-9)3-2-6-12/h2-5,7H,6H2,1H3. The predicted octanol–water partition coefficient (Wildman–Crippen LogP) is 3.71. The molecule has 2 nitrogen and oxygen atoms in total. The van der Waals surface area contributed by atoms with Crippen molar-refractivity contribution in [2.75, 3.05) is 12.4 Å². The van der Waals surface area contributed by atoms with Crippen molar-refractivity contribution >= 4 is 43.6 Å². The SMILES string of the molecule is COc1ccc2nc(C=CCBr)sc2c1. The highest BCUT2D eigenvalue weighted by Gasteiger charge is 2.02. The van der Waals surface area contributed by atoms with Gasteiger partial charge in [0.2, 0.25) is 0 Å². The third kappa shape index (κ3) is 2.38. The number of halogens is 1. The second-order valence-corrected chi connectivity index (χ2v) is 4.65. The Balaban J connectivity index is 2.42. The molecule has 0 radical (unpaired) electrons. The van der Waals surface area contributed by atoms with E-state index in [1.165, 1.54) is 0 Å². The number of benzene rings is 1. The molecule has 0 saturated heterocycles. The van der Waals surface area contributed by atoms with Crippen LogP contribution in [0.4, 0.5) is 0 Å². The van der Waals surface area contributed by atoms with Crippen LogP contribution in [0.3, 0.4) is 0 Å². The van der Waals surface area contributed by atoms with Crippen LogP contribution in [0.5, 0.6) is 5.75 Å². The molecule has 0 saturated carbocycles. The first-order chi connectivity index (χ1) is 7.33. The van der Waals surface area contributed by atoms with E-state index in [-0.39, 0.29) is 0 Å². The average molecular weight is 284 g/mol. The lowest BCUT2D eigenvalue weighted by molar-refractivity contribution is 0.415. The number of hydrogen-bond acceptors (Lipinski definition) is 3. The van der Waals surface area contributed by atoms with Gasteiger partial charge in [0.25, 0.3) is 0 Å². The number of methoxy groups -OCH3 is 1. The minimum Gasteiger partial charge on any atom is -0.497 e. The zero-order chi connectivity index (χ0) is 10.7. The van der Waals surface area contributed by atoms with Crippen LogP contribution in [-0.4, -0.2) is 17.4 Å². The van der Waals surface area contributed by atoms with Gasteiger partial charge in [0, 0.05) is 5.33 Å². The van der Waals surface area contributed by atoms with E-state index in [0.29, 0.717) is 0 Å². The van der Waals surface area contributed by atoms with Gasteiger partial charge in [-0.25, -0.2) is 4.98 Å². The van der Waals surface area contributed by atoms with Crippen LogP contribution in [0.25, 0.3) is 16.3 Å². The third-order valence-electron chi connectivity index (χ3n) is 1.96. The monoisotopic (exact) mass is 283 g/mol. The molecule has 4 heteroatoms.